The van der Waals surface area contributed by atoms with Crippen molar-refractivity contribution in [2.45, 2.75) is 19.1 Å². The van der Waals surface area contributed by atoms with Gasteiger partial charge in [-0.3, -0.25) is 0 Å². The first kappa shape index (κ1) is 17.0. The lowest BCUT2D eigenvalue weighted by atomic mass is 10.6. The molecule has 0 N–H and O–H groups in total. The van der Waals surface area contributed by atoms with Gasteiger partial charge in [-0.05, 0) is 6.92 Å². The van der Waals surface area contributed by atoms with E-state index in [4.69, 9.17) is 0 Å². The first-order valence-electron chi connectivity index (χ1n) is 3.93. The van der Waals surface area contributed by atoms with Crippen LogP contribution in [0.25, 0.3) is 0 Å². The van der Waals surface area contributed by atoms with E-state index >= 15 is 0 Å². The summed E-state index contributed by atoms with van der Waals surface area (Å²) in [4.78, 5) is 0. The molecular formula is C6H5F7O4S. The van der Waals surface area contributed by atoms with E-state index in [1.807, 2.05) is 0 Å². The van der Waals surface area contributed by atoms with Crippen LogP contribution >= 0.6 is 0 Å². The van der Waals surface area contributed by atoms with Gasteiger partial charge in [0.2, 0.25) is 0 Å². The van der Waals surface area contributed by atoms with E-state index in [0.717, 1.165) is 6.92 Å². The third kappa shape index (κ3) is 4.33. The van der Waals surface area contributed by atoms with Crippen LogP contribution in [0.3, 0.4) is 0 Å². The molecule has 0 aromatic carbocycles. The first-order valence-corrected chi connectivity index (χ1v) is 5.51. The van der Waals surface area contributed by atoms with Crippen molar-refractivity contribution in [3.8, 4) is 0 Å². The molecule has 0 saturated heterocycles. The maximum atomic E-state index is 12.6. The van der Waals surface area contributed by atoms with Crippen molar-refractivity contribution in [2.24, 2.45) is 0 Å². The van der Waals surface area contributed by atoms with Gasteiger partial charge in [-0.25, -0.2) is 0 Å². The molecule has 0 aliphatic heterocycles. The Bertz CT molecular complexity index is 425. The van der Waals surface area contributed by atoms with Crippen LogP contribution in [0.2, 0.25) is 0 Å². The molecular weight excluding hydrogens is 301 g/mol. The second-order valence-corrected chi connectivity index (χ2v) is 4.46. The molecule has 0 aromatic rings. The molecule has 0 atom stereocenters. The van der Waals surface area contributed by atoms with Crippen molar-refractivity contribution in [1.29, 1.82) is 0 Å². The maximum absolute atomic E-state index is 12.6. The lowest BCUT2D eigenvalue weighted by Gasteiger charge is -2.23. The Kier molecular flexibility index (Phi) is 4.99. The SMILES string of the molecule is CCS(=O)(=O)OC(F)(F)C(F)(F)OC(F)=C(F)F. The summed E-state index contributed by atoms with van der Waals surface area (Å²) in [5.74, 6) is -1.10. The summed E-state index contributed by atoms with van der Waals surface area (Å²) in [6.07, 6.45) is -15.2. The molecule has 0 bridgehead atoms. The van der Waals surface area contributed by atoms with Gasteiger partial charge in [0.1, 0.15) is 0 Å². The zero-order valence-corrected chi connectivity index (χ0v) is 9.21. The minimum atomic E-state index is -5.94. The van der Waals surface area contributed by atoms with E-state index in [0.29, 0.717) is 0 Å². The van der Waals surface area contributed by atoms with Crippen molar-refractivity contribution in [1.82, 2.24) is 0 Å². The number of hydrogen-bond acceptors (Lipinski definition) is 4. The van der Waals surface area contributed by atoms with Crippen LogP contribution < -0.4 is 0 Å². The molecule has 18 heavy (non-hydrogen) atoms. The van der Waals surface area contributed by atoms with Gasteiger partial charge in [-0.2, -0.15) is 43.3 Å². The minimum absolute atomic E-state index is 0.784. The summed E-state index contributed by atoms with van der Waals surface area (Å²) in [7, 11) is -5.05. The van der Waals surface area contributed by atoms with Crippen LogP contribution in [0, 0.1) is 0 Å². The number of halogens is 7. The molecule has 0 aromatic heterocycles. The summed E-state index contributed by atoms with van der Waals surface area (Å²) in [6.45, 7) is 0.784. The van der Waals surface area contributed by atoms with E-state index in [-0.39, 0.29) is 0 Å². The third-order valence-electron chi connectivity index (χ3n) is 1.29. The molecule has 4 nitrogen and oxygen atoms in total. The van der Waals surface area contributed by atoms with Crippen LogP contribution in [0.15, 0.2) is 12.1 Å². The molecule has 0 fully saturated rings. The summed E-state index contributed by atoms with van der Waals surface area (Å²) in [5.41, 5.74) is 0. The molecule has 0 spiro atoms. The Morgan fingerprint density at radius 1 is 1.06 bits per heavy atom. The number of rotatable bonds is 6. The third-order valence-corrected chi connectivity index (χ3v) is 2.46. The molecule has 0 aliphatic carbocycles. The molecule has 0 saturated carbocycles. The average Bonchev–Trinajstić information content (AvgIpc) is 2.15. The highest BCUT2D eigenvalue weighted by atomic mass is 32.2. The van der Waals surface area contributed by atoms with E-state index < -0.39 is 40.2 Å². The lowest BCUT2D eigenvalue weighted by molar-refractivity contribution is -0.400. The standard InChI is InChI=1S/C6H5F7O4S/c1-2-18(14,15)17-6(12,13)5(10,11)16-4(9)3(7)8/h2H2,1H3. The highest BCUT2D eigenvalue weighted by molar-refractivity contribution is 7.86. The van der Waals surface area contributed by atoms with Crippen LogP contribution in [0.5, 0.6) is 0 Å². The van der Waals surface area contributed by atoms with Crippen molar-refractivity contribution in [2.75, 3.05) is 5.75 Å². The Labute approximate surface area is 96.1 Å². The summed E-state index contributed by atoms with van der Waals surface area (Å²) < 4.78 is 111. The quantitative estimate of drug-likeness (QED) is 0.430. The van der Waals surface area contributed by atoms with Gasteiger partial charge in [0.05, 0.1) is 5.75 Å². The fourth-order valence-corrected chi connectivity index (χ4v) is 1.01. The van der Waals surface area contributed by atoms with E-state index in [1.165, 1.54) is 0 Å². The second kappa shape index (κ2) is 5.30. The van der Waals surface area contributed by atoms with Gasteiger partial charge in [0.15, 0.2) is 0 Å². The molecule has 0 rings (SSSR count). The predicted molar refractivity (Wildman–Crippen MR) is 41.9 cm³/mol. The largest absolute Gasteiger partial charge is 0.497 e. The fourth-order valence-electron chi connectivity index (χ4n) is 0.477. The van der Waals surface area contributed by atoms with Crippen LogP contribution in [-0.4, -0.2) is 26.4 Å². The van der Waals surface area contributed by atoms with Crippen molar-refractivity contribution in [3.05, 3.63) is 12.1 Å². The van der Waals surface area contributed by atoms with Gasteiger partial charge in [-0.15, -0.1) is 0 Å². The molecule has 108 valence electrons. The highest BCUT2D eigenvalue weighted by Gasteiger charge is 2.64. The molecule has 12 heteroatoms. The normalized spacial score (nSPS) is 13.3. The van der Waals surface area contributed by atoms with Crippen molar-refractivity contribution >= 4 is 10.1 Å². The summed E-state index contributed by atoms with van der Waals surface area (Å²) in [5, 5.41) is 0. The monoisotopic (exact) mass is 306 g/mol. The summed E-state index contributed by atoms with van der Waals surface area (Å²) in [6, 6.07) is -3.28. The van der Waals surface area contributed by atoms with E-state index in [2.05, 4.69) is 8.92 Å². The maximum Gasteiger partial charge on any atom is 0.497 e. The number of hydrogen-bond donors (Lipinski definition) is 0. The average molecular weight is 306 g/mol. The Morgan fingerprint density at radius 3 is 1.83 bits per heavy atom. The van der Waals surface area contributed by atoms with Gasteiger partial charge in [-0.1, -0.05) is 0 Å². The number of ether oxygens (including phenoxy) is 1. The van der Waals surface area contributed by atoms with Crippen LogP contribution in [0.1, 0.15) is 6.92 Å². The Balaban J connectivity index is 5.15. The first-order chi connectivity index (χ1) is 7.84. The second-order valence-electron chi connectivity index (χ2n) is 2.60. The zero-order valence-electron chi connectivity index (χ0n) is 8.39. The molecule has 0 unspecified atom stereocenters. The number of alkyl halides is 4. The van der Waals surface area contributed by atoms with E-state index in [1.54, 1.807) is 0 Å². The van der Waals surface area contributed by atoms with Gasteiger partial charge in [0.25, 0.3) is 10.1 Å². The Morgan fingerprint density at radius 2 is 1.50 bits per heavy atom. The molecule has 0 radical (unpaired) electrons. The predicted octanol–water partition coefficient (Wildman–Crippen LogP) is 2.59. The lowest BCUT2D eigenvalue weighted by Crippen LogP contribution is -2.46. The van der Waals surface area contributed by atoms with Crippen LogP contribution in [-0.2, 0) is 19.0 Å². The topological polar surface area (TPSA) is 52.6 Å². The highest BCUT2D eigenvalue weighted by Crippen LogP contribution is 2.39. The fraction of sp³-hybridized carbons (Fsp3) is 0.667. The van der Waals surface area contributed by atoms with Gasteiger partial charge >= 0.3 is 24.3 Å². The molecule has 0 aliphatic rings. The summed E-state index contributed by atoms with van der Waals surface area (Å²) >= 11 is 0. The molecule has 0 amide bonds. The van der Waals surface area contributed by atoms with Gasteiger partial charge < -0.3 is 4.74 Å². The minimum Gasteiger partial charge on any atom is -0.396 e. The Hall–Kier alpha value is -1.04. The van der Waals surface area contributed by atoms with Gasteiger partial charge in [0, 0.05) is 0 Å². The smallest absolute Gasteiger partial charge is 0.396 e. The van der Waals surface area contributed by atoms with Crippen molar-refractivity contribution < 1.29 is 48.1 Å². The molecule has 0 heterocycles. The van der Waals surface area contributed by atoms with Crippen LogP contribution in [0.4, 0.5) is 30.7 Å². The van der Waals surface area contributed by atoms with E-state index in [9.17, 15) is 39.2 Å². The zero-order chi connectivity index (χ0) is 14.8. The van der Waals surface area contributed by atoms with Crippen molar-refractivity contribution in [3.63, 3.8) is 0 Å².